The van der Waals surface area contributed by atoms with Gasteiger partial charge in [-0.3, -0.25) is 4.79 Å². The molecule has 1 unspecified atom stereocenters. The van der Waals surface area contributed by atoms with Crippen molar-refractivity contribution in [1.82, 2.24) is 4.90 Å². The Balaban J connectivity index is 1.75. The molecule has 0 amide bonds. The zero-order chi connectivity index (χ0) is 16.9. The van der Waals surface area contributed by atoms with Gasteiger partial charge in [-0.2, -0.15) is 0 Å². The number of esters is 1. The molecule has 1 heterocycles. The summed E-state index contributed by atoms with van der Waals surface area (Å²) >= 11 is 0. The Labute approximate surface area is 142 Å². The van der Waals surface area contributed by atoms with Crippen LogP contribution < -0.4 is 10.4 Å². The summed E-state index contributed by atoms with van der Waals surface area (Å²) in [6.45, 7) is 1.16. The van der Waals surface area contributed by atoms with Gasteiger partial charge in [-0.1, -0.05) is 42.5 Å². The minimum Gasteiger partial charge on any atom is -0.485 e. The van der Waals surface area contributed by atoms with Crippen LogP contribution >= 0.6 is 0 Å². The Kier molecular flexibility index (Phi) is 5.16. The van der Waals surface area contributed by atoms with E-state index in [9.17, 15) is 4.79 Å². The van der Waals surface area contributed by atoms with E-state index in [-0.39, 0.29) is 12.1 Å². The van der Waals surface area contributed by atoms with Gasteiger partial charge in [0.2, 0.25) is 0 Å². The van der Waals surface area contributed by atoms with E-state index in [1.165, 1.54) is 10.8 Å². The van der Waals surface area contributed by atoms with Crippen LogP contribution in [0.25, 0.3) is 11.3 Å². The maximum Gasteiger partial charge on any atom is 0.306 e. The number of fused-ring (bicyclic) bond motifs is 2. The van der Waals surface area contributed by atoms with Gasteiger partial charge in [0.05, 0.1) is 6.42 Å². The van der Waals surface area contributed by atoms with E-state index in [0.29, 0.717) is 19.4 Å². The lowest BCUT2D eigenvalue weighted by molar-refractivity contribution is -0.143. The highest BCUT2D eigenvalue weighted by Crippen LogP contribution is 2.22. The number of benzene rings is 1. The monoisotopic (exact) mass is 325 g/mol. The summed E-state index contributed by atoms with van der Waals surface area (Å²) in [4.78, 5) is 13.9. The summed E-state index contributed by atoms with van der Waals surface area (Å²) in [7, 11) is 3.91. The lowest BCUT2D eigenvalue weighted by atomic mass is 9.97. The van der Waals surface area contributed by atoms with Gasteiger partial charge in [-0.15, -0.1) is 0 Å². The second kappa shape index (κ2) is 7.49. The molecule has 0 saturated carbocycles. The van der Waals surface area contributed by atoms with Gasteiger partial charge >= 0.3 is 5.97 Å². The molecule has 126 valence electrons. The summed E-state index contributed by atoms with van der Waals surface area (Å²) in [6, 6.07) is 8.20. The fraction of sp³-hybridized carbons (Fsp3) is 0.350. The summed E-state index contributed by atoms with van der Waals surface area (Å²) in [6.07, 6.45) is 8.98. The number of hydrogen-bond acceptors (Lipinski definition) is 4. The number of hydrogen-bond donors (Lipinski definition) is 0. The maximum absolute atomic E-state index is 11.9. The summed E-state index contributed by atoms with van der Waals surface area (Å²) in [5.74, 6) is 0.683. The molecule has 1 aliphatic carbocycles. The molecule has 0 fully saturated rings. The average molecular weight is 325 g/mol. The van der Waals surface area contributed by atoms with Crippen LogP contribution in [0.15, 0.2) is 48.6 Å². The van der Waals surface area contributed by atoms with Crippen molar-refractivity contribution in [3.05, 3.63) is 59.0 Å². The third-order valence-corrected chi connectivity index (χ3v) is 4.14. The molecule has 1 aromatic rings. The number of allylic oxidation sites excluding steroid dienone is 2. The third-order valence-electron chi connectivity index (χ3n) is 4.14. The van der Waals surface area contributed by atoms with E-state index in [4.69, 9.17) is 9.47 Å². The van der Waals surface area contributed by atoms with Crippen molar-refractivity contribution in [3.8, 4) is 0 Å². The number of carbonyl (C=O) groups is 1. The number of carbonyl (C=O) groups excluding carboxylic acids is 1. The molecule has 2 aliphatic rings. The predicted octanol–water partition coefficient (Wildman–Crippen LogP) is 1.36. The Morgan fingerprint density at radius 3 is 2.79 bits per heavy atom. The minimum absolute atomic E-state index is 0.0651. The zero-order valence-corrected chi connectivity index (χ0v) is 14.2. The largest absolute Gasteiger partial charge is 0.485 e. The molecule has 24 heavy (non-hydrogen) atoms. The van der Waals surface area contributed by atoms with Crippen molar-refractivity contribution in [1.29, 1.82) is 0 Å². The first-order valence-electron chi connectivity index (χ1n) is 8.29. The lowest BCUT2D eigenvalue weighted by Gasteiger charge is -2.25. The summed E-state index contributed by atoms with van der Waals surface area (Å²) in [5, 5.41) is 2.26. The second-order valence-electron chi connectivity index (χ2n) is 6.23. The summed E-state index contributed by atoms with van der Waals surface area (Å²) < 4.78 is 11.4. The maximum atomic E-state index is 11.9. The summed E-state index contributed by atoms with van der Waals surface area (Å²) in [5.41, 5.74) is 1.17. The topological polar surface area (TPSA) is 38.8 Å². The minimum atomic E-state index is -0.181. The Morgan fingerprint density at radius 2 is 2.00 bits per heavy atom. The van der Waals surface area contributed by atoms with Gasteiger partial charge in [-0.05, 0) is 25.4 Å². The van der Waals surface area contributed by atoms with Crippen LogP contribution in [0.4, 0.5) is 0 Å². The Hall–Kier alpha value is -2.33. The van der Waals surface area contributed by atoms with Crippen molar-refractivity contribution in [2.45, 2.75) is 18.9 Å². The van der Waals surface area contributed by atoms with Crippen LogP contribution in [-0.2, 0) is 14.3 Å². The van der Waals surface area contributed by atoms with Gasteiger partial charge in [0, 0.05) is 23.8 Å². The molecule has 4 heteroatoms. The molecule has 0 bridgehead atoms. The van der Waals surface area contributed by atoms with Crippen molar-refractivity contribution in [2.24, 2.45) is 0 Å². The number of ether oxygens (including phenoxy) is 2. The normalized spacial score (nSPS) is 18.2. The number of likely N-dealkylation sites (N-methyl/N-ethyl adjacent to an activating group) is 1. The van der Waals surface area contributed by atoms with Gasteiger partial charge in [0.25, 0.3) is 0 Å². The van der Waals surface area contributed by atoms with E-state index in [0.717, 1.165) is 17.5 Å². The molecule has 0 radical (unpaired) electrons. The average Bonchev–Trinajstić information content (AvgIpc) is 2.59. The molecule has 4 nitrogen and oxygen atoms in total. The first-order valence-corrected chi connectivity index (χ1v) is 8.29. The third kappa shape index (κ3) is 3.77. The van der Waals surface area contributed by atoms with Crippen molar-refractivity contribution >= 4 is 17.3 Å². The molecular formula is C20H23NO3. The standard InChI is InChI=1S/C20H23NO3/c1-21(2)13-14-23-20(22)12-11-19-17-8-4-3-7-15(17)16-9-5-6-10-18(16)24-19/h3-10,18H,11-14H2,1-2H3. The van der Waals surface area contributed by atoms with Crippen LogP contribution in [0.5, 0.6) is 0 Å². The highest BCUT2D eigenvalue weighted by atomic mass is 16.5. The zero-order valence-electron chi connectivity index (χ0n) is 14.2. The van der Waals surface area contributed by atoms with Crippen LogP contribution in [0.2, 0.25) is 0 Å². The molecule has 1 aromatic carbocycles. The van der Waals surface area contributed by atoms with Crippen LogP contribution in [0, 0.1) is 0 Å². The smallest absolute Gasteiger partial charge is 0.306 e. The van der Waals surface area contributed by atoms with E-state index in [1.807, 2.05) is 49.4 Å². The van der Waals surface area contributed by atoms with E-state index >= 15 is 0 Å². The number of rotatable bonds is 6. The van der Waals surface area contributed by atoms with E-state index in [1.54, 1.807) is 0 Å². The molecule has 0 N–H and O–H groups in total. The quantitative estimate of drug-likeness (QED) is 0.740. The van der Waals surface area contributed by atoms with E-state index in [2.05, 4.69) is 18.2 Å². The number of nitrogens with zero attached hydrogens (tertiary/aromatic N) is 1. The van der Waals surface area contributed by atoms with Gasteiger partial charge in [0.15, 0.2) is 0 Å². The SMILES string of the molecule is CN(C)CCOC(=O)CCC1=c2ccccc2=C2C=CC=CC2O1. The van der Waals surface area contributed by atoms with E-state index < -0.39 is 0 Å². The lowest BCUT2D eigenvalue weighted by Crippen LogP contribution is -2.38. The predicted molar refractivity (Wildman–Crippen MR) is 94.4 cm³/mol. The molecule has 0 aromatic heterocycles. The Morgan fingerprint density at radius 1 is 1.21 bits per heavy atom. The first-order chi connectivity index (χ1) is 11.6. The molecule has 1 aliphatic heterocycles. The van der Waals surface area contributed by atoms with Crippen LogP contribution in [0.1, 0.15) is 12.8 Å². The van der Waals surface area contributed by atoms with Crippen LogP contribution in [-0.4, -0.2) is 44.2 Å². The highest BCUT2D eigenvalue weighted by molar-refractivity contribution is 5.72. The van der Waals surface area contributed by atoms with Gasteiger partial charge < -0.3 is 14.4 Å². The fourth-order valence-electron chi connectivity index (χ4n) is 2.89. The fourth-order valence-corrected chi connectivity index (χ4v) is 2.89. The van der Waals surface area contributed by atoms with Crippen molar-refractivity contribution < 1.29 is 14.3 Å². The first kappa shape index (κ1) is 16.5. The second-order valence-corrected chi connectivity index (χ2v) is 6.23. The molecule has 0 saturated heterocycles. The molecule has 0 spiro atoms. The Bertz CT molecular complexity index is 789. The van der Waals surface area contributed by atoms with Crippen molar-refractivity contribution in [3.63, 3.8) is 0 Å². The molecule has 3 rings (SSSR count). The highest BCUT2D eigenvalue weighted by Gasteiger charge is 2.21. The van der Waals surface area contributed by atoms with Crippen LogP contribution in [0.3, 0.4) is 0 Å². The van der Waals surface area contributed by atoms with Crippen molar-refractivity contribution in [2.75, 3.05) is 27.2 Å². The van der Waals surface area contributed by atoms with Gasteiger partial charge in [0.1, 0.15) is 18.5 Å². The molecular weight excluding hydrogens is 302 g/mol. The molecule has 1 atom stereocenters. The van der Waals surface area contributed by atoms with Gasteiger partial charge in [-0.25, -0.2) is 0 Å².